The summed E-state index contributed by atoms with van der Waals surface area (Å²) in [7, 11) is 0. The van der Waals surface area contributed by atoms with Crippen LogP contribution in [-0.2, 0) is 4.74 Å². The molecule has 0 bridgehead atoms. The number of carbonyl (C=O) groups excluding carboxylic acids is 1. The molecule has 0 amide bonds. The molecule has 0 aromatic heterocycles. The number of hydrogen-bond donors (Lipinski definition) is 0. The third-order valence-electron chi connectivity index (χ3n) is 2.23. The fraction of sp³-hybridized carbons (Fsp3) is 0.273. The van der Waals surface area contributed by atoms with E-state index in [0.717, 1.165) is 0 Å². The van der Waals surface area contributed by atoms with Gasteiger partial charge in [-0.1, -0.05) is 0 Å². The normalized spacial score (nSPS) is 16.2. The van der Waals surface area contributed by atoms with Crippen LogP contribution in [0.15, 0.2) is 23.2 Å². The van der Waals surface area contributed by atoms with Crippen molar-refractivity contribution in [2.24, 2.45) is 4.99 Å². The lowest BCUT2D eigenvalue weighted by atomic mass is 10.1. The first-order chi connectivity index (χ1) is 7.99. The summed E-state index contributed by atoms with van der Waals surface area (Å²) < 4.78 is 4.97. The van der Waals surface area contributed by atoms with Gasteiger partial charge in [-0.25, -0.2) is 9.79 Å². The second kappa shape index (κ2) is 3.97. The monoisotopic (exact) mass is 234 g/mol. The minimum atomic E-state index is -0.519. The van der Waals surface area contributed by atoms with Crippen LogP contribution in [-0.4, -0.2) is 22.8 Å². The fourth-order valence-corrected chi connectivity index (χ4v) is 1.53. The molecule has 1 aromatic rings. The van der Waals surface area contributed by atoms with Gasteiger partial charge in [0, 0.05) is 18.2 Å². The molecule has 88 valence electrons. The molecule has 0 unspecified atom stereocenters. The maximum Gasteiger partial charge on any atom is 0.345 e. The lowest BCUT2D eigenvalue weighted by Gasteiger charge is -2.00. The molecular weight excluding hydrogens is 224 g/mol. The van der Waals surface area contributed by atoms with Gasteiger partial charge in [0.25, 0.3) is 5.69 Å². The van der Waals surface area contributed by atoms with Crippen molar-refractivity contribution in [1.29, 1.82) is 0 Å². The molecule has 1 aromatic carbocycles. The molecular formula is C11H10N2O4. The van der Waals surface area contributed by atoms with E-state index < -0.39 is 10.9 Å². The van der Waals surface area contributed by atoms with E-state index in [1.165, 1.54) is 18.2 Å². The average Bonchev–Trinajstić information content (AvgIpc) is 2.54. The minimum Gasteiger partial charge on any atom is -0.404 e. The van der Waals surface area contributed by atoms with Crippen LogP contribution in [0.2, 0.25) is 0 Å². The highest BCUT2D eigenvalue weighted by atomic mass is 16.6. The van der Waals surface area contributed by atoms with Crippen molar-refractivity contribution in [2.75, 3.05) is 0 Å². The molecule has 0 aliphatic carbocycles. The summed E-state index contributed by atoms with van der Waals surface area (Å²) in [5.74, 6) is -0.363. The topological polar surface area (TPSA) is 81.8 Å². The molecule has 17 heavy (non-hydrogen) atoms. The number of rotatable bonds is 2. The van der Waals surface area contributed by atoms with Crippen LogP contribution >= 0.6 is 0 Å². The molecule has 1 aliphatic heterocycles. The number of esters is 1. The van der Waals surface area contributed by atoms with Crippen LogP contribution in [0.1, 0.15) is 29.8 Å². The number of hydrogen-bond acceptors (Lipinski definition) is 5. The molecule has 1 aliphatic rings. The van der Waals surface area contributed by atoms with Crippen molar-refractivity contribution in [1.82, 2.24) is 0 Å². The maximum absolute atomic E-state index is 11.5. The van der Waals surface area contributed by atoms with Gasteiger partial charge in [0.05, 0.1) is 16.1 Å². The number of cyclic esters (lactones) is 1. The molecule has 0 spiro atoms. The van der Waals surface area contributed by atoms with Crippen LogP contribution in [0, 0.1) is 10.1 Å². The number of nitrogens with zero attached hydrogens (tertiary/aromatic N) is 2. The van der Waals surface area contributed by atoms with Crippen LogP contribution in [0.3, 0.4) is 0 Å². The molecule has 6 heteroatoms. The Kier molecular flexibility index (Phi) is 2.63. The summed E-state index contributed by atoms with van der Waals surface area (Å²) >= 11 is 0. The molecule has 0 N–H and O–H groups in total. The highest BCUT2D eigenvalue weighted by molar-refractivity contribution is 6.17. The van der Waals surface area contributed by atoms with Gasteiger partial charge < -0.3 is 4.74 Å². The molecule has 0 saturated carbocycles. The highest BCUT2D eigenvalue weighted by Gasteiger charge is 2.29. The number of aliphatic imine (C=N–C) groups is 1. The number of carbonyl (C=O) groups is 1. The Bertz CT molecular complexity index is 534. The third kappa shape index (κ3) is 2.01. The molecule has 0 atom stereocenters. The van der Waals surface area contributed by atoms with Crippen LogP contribution in [0.4, 0.5) is 5.69 Å². The Balaban J connectivity index is 2.54. The Morgan fingerprint density at radius 2 is 2.06 bits per heavy atom. The van der Waals surface area contributed by atoms with E-state index in [1.807, 2.05) is 13.8 Å². The second-order valence-corrected chi connectivity index (χ2v) is 3.90. The zero-order valence-electron chi connectivity index (χ0n) is 9.34. The predicted octanol–water partition coefficient (Wildman–Crippen LogP) is 1.92. The Morgan fingerprint density at radius 3 is 2.65 bits per heavy atom. The first-order valence-corrected chi connectivity index (χ1v) is 5.08. The smallest absolute Gasteiger partial charge is 0.345 e. The fourth-order valence-electron chi connectivity index (χ4n) is 1.53. The standard InChI is InChI=1S/C11H10N2O4/c1-6(2)12-10-9-5-7(13(15)16)3-4-8(9)11(14)17-10/h3-6H,1-2H3. The molecule has 0 fully saturated rings. The predicted molar refractivity (Wildman–Crippen MR) is 60.2 cm³/mol. The molecule has 6 nitrogen and oxygen atoms in total. The van der Waals surface area contributed by atoms with Crippen LogP contribution in [0.5, 0.6) is 0 Å². The highest BCUT2D eigenvalue weighted by Crippen LogP contribution is 2.25. The van der Waals surface area contributed by atoms with E-state index >= 15 is 0 Å². The quantitative estimate of drug-likeness (QED) is 0.444. The number of nitro groups is 1. The van der Waals surface area contributed by atoms with E-state index in [0.29, 0.717) is 11.1 Å². The zero-order chi connectivity index (χ0) is 12.6. The summed E-state index contributed by atoms with van der Waals surface area (Å²) in [6.45, 7) is 3.66. The first-order valence-electron chi connectivity index (χ1n) is 5.08. The van der Waals surface area contributed by atoms with E-state index in [4.69, 9.17) is 4.74 Å². The maximum atomic E-state index is 11.5. The largest absolute Gasteiger partial charge is 0.404 e. The van der Waals surface area contributed by atoms with Gasteiger partial charge in [-0.05, 0) is 19.9 Å². The number of non-ortho nitro benzene ring substituents is 1. The van der Waals surface area contributed by atoms with Gasteiger partial charge in [-0.2, -0.15) is 0 Å². The van der Waals surface area contributed by atoms with Crippen molar-refractivity contribution in [3.05, 3.63) is 39.4 Å². The number of nitro benzene ring substituents is 1. The van der Waals surface area contributed by atoms with Crippen LogP contribution in [0.25, 0.3) is 0 Å². The van der Waals surface area contributed by atoms with E-state index in [2.05, 4.69) is 4.99 Å². The van der Waals surface area contributed by atoms with Gasteiger partial charge in [-0.15, -0.1) is 0 Å². The summed E-state index contributed by atoms with van der Waals surface area (Å²) in [6.07, 6.45) is 0. The summed E-state index contributed by atoms with van der Waals surface area (Å²) in [6, 6.07) is 3.92. The summed E-state index contributed by atoms with van der Waals surface area (Å²) in [4.78, 5) is 25.7. The molecule has 1 heterocycles. The molecule has 0 radical (unpaired) electrons. The van der Waals surface area contributed by atoms with Gasteiger partial charge in [0.2, 0.25) is 5.90 Å². The number of fused-ring (bicyclic) bond motifs is 1. The Labute approximate surface area is 97.1 Å². The Hall–Kier alpha value is -2.24. The van der Waals surface area contributed by atoms with E-state index in [9.17, 15) is 14.9 Å². The summed E-state index contributed by atoms with van der Waals surface area (Å²) in [5, 5.41) is 10.7. The van der Waals surface area contributed by atoms with E-state index in [-0.39, 0.29) is 17.6 Å². The second-order valence-electron chi connectivity index (χ2n) is 3.90. The molecule has 2 rings (SSSR count). The molecule has 0 saturated heterocycles. The van der Waals surface area contributed by atoms with Gasteiger partial charge in [0.1, 0.15) is 0 Å². The van der Waals surface area contributed by atoms with Crippen molar-refractivity contribution in [2.45, 2.75) is 19.9 Å². The number of ether oxygens (including phenoxy) is 1. The zero-order valence-corrected chi connectivity index (χ0v) is 9.34. The van der Waals surface area contributed by atoms with Crippen molar-refractivity contribution in [3.63, 3.8) is 0 Å². The SMILES string of the molecule is CC(C)N=C1OC(=O)c2ccc([N+](=O)[O-])cc21. The van der Waals surface area contributed by atoms with E-state index in [1.54, 1.807) is 0 Å². The van der Waals surface area contributed by atoms with Gasteiger partial charge in [-0.3, -0.25) is 10.1 Å². The van der Waals surface area contributed by atoms with Crippen molar-refractivity contribution >= 4 is 17.6 Å². The van der Waals surface area contributed by atoms with Crippen molar-refractivity contribution in [3.8, 4) is 0 Å². The summed E-state index contributed by atoms with van der Waals surface area (Å²) in [5.41, 5.74) is 0.617. The third-order valence-corrected chi connectivity index (χ3v) is 2.23. The average molecular weight is 234 g/mol. The van der Waals surface area contributed by atoms with Crippen molar-refractivity contribution < 1.29 is 14.5 Å². The first kappa shape index (κ1) is 11.3. The van der Waals surface area contributed by atoms with Crippen LogP contribution < -0.4 is 0 Å². The van der Waals surface area contributed by atoms with Gasteiger partial charge >= 0.3 is 5.97 Å². The Morgan fingerprint density at radius 1 is 1.35 bits per heavy atom. The number of benzene rings is 1. The van der Waals surface area contributed by atoms with Gasteiger partial charge in [0.15, 0.2) is 0 Å². The lowest BCUT2D eigenvalue weighted by molar-refractivity contribution is -0.384. The minimum absolute atomic E-state index is 0.0528. The lowest BCUT2D eigenvalue weighted by Crippen LogP contribution is -2.04.